The van der Waals surface area contributed by atoms with E-state index in [4.69, 9.17) is 32.7 Å². The SMILES string of the molecule is CCOc1cc(/C=C2\C(=O)NC(=O)N(c3ccc(F)cc3)C2=O)cc(Cl)c1OCC(=O)Nc1ccc(Cl)cc1. The molecule has 0 aliphatic carbocycles. The number of amides is 5. The fourth-order valence-electron chi connectivity index (χ4n) is 3.59. The van der Waals surface area contributed by atoms with Crippen LogP contribution in [0.15, 0.2) is 66.2 Å². The van der Waals surface area contributed by atoms with Crippen molar-refractivity contribution < 1.29 is 33.0 Å². The summed E-state index contributed by atoms with van der Waals surface area (Å²) in [6.45, 7) is 1.55. The summed E-state index contributed by atoms with van der Waals surface area (Å²) in [7, 11) is 0. The van der Waals surface area contributed by atoms with Crippen molar-refractivity contribution in [2.45, 2.75) is 6.92 Å². The first-order chi connectivity index (χ1) is 18.7. The van der Waals surface area contributed by atoms with E-state index in [9.17, 15) is 23.6 Å². The molecule has 1 aliphatic rings. The molecule has 0 unspecified atom stereocenters. The molecule has 0 spiro atoms. The van der Waals surface area contributed by atoms with E-state index in [-0.39, 0.29) is 40.0 Å². The Labute approximate surface area is 232 Å². The van der Waals surface area contributed by atoms with Gasteiger partial charge in [0, 0.05) is 10.7 Å². The summed E-state index contributed by atoms with van der Waals surface area (Å²) in [6, 6.07) is 13.1. The standard InChI is InChI=1S/C27H20Cl2FN3O6/c1-2-38-22-13-15(12-21(29)24(22)39-14-23(34)31-18-7-3-16(28)4-8-18)11-20-25(35)32-27(37)33(26(20)36)19-9-5-17(30)6-10-19/h3-13H,2,14H2,1H3,(H,31,34)(H,32,35,37)/b20-11+. The zero-order valence-corrected chi connectivity index (χ0v) is 21.8. The van der Waals surface area contributed by atoms with Crippen LogP contribution in [0, 0.1) is 5.82 Å². The Morgan fingerprint density at radius 3 is 2.38 bits per heavy atom. The van der Waals surface area contributed by atoms with Gasteiger partial charge >= 0.3 is 6.03 Å². The van der Waals surface area contributed by atoms with Gasteiger partial charge in [-0.1, -0.05) is 23.2 Å². The number of benzene rings is 3. The van der Waals surface area contributed by atoms with E-state index < -0.39 is 36.2 Å². The van der Waals surface area contributed by atoms with Gasteiger partial charge < -0.3 is 14.8 Å². The van der Waals surface area contributed by atoms with Crippen molar-refractivity contribution in [1.29, 1.82) is 0 Å². The number of nitrogens with zero attached hydrogens (tertiary/aromatic N) is 1. The predicted octanol–water partition coefficient (Wildman–Crippen LogP) is 5.22. The van der Waals surface area contributed by atoms with Gasteiger partial charge in [0.25, 0.3) is 17.7 Å². The summed E-state index contributed by atoms with van der Waals surface area (Å²) >= 11 is 12.3. The monoisotopic (exact) mass is 571 g/mol. The number of nitrogens with one attached hydrogen (secondary N) is 2. The molecule has 2 N–H and O–H groups in total. The minimum absolute atomic E-state index is 0.0437. The minimum atomic E-state index is -0.970. The molecule has 3 aromatic carbocycles. The van der Waals surface area contributed by atoms with Crippen LogP contribution in [0.4, 0.5) is 20.6 Å². The van der Waals surface area contributed by atoms with E-state index in [1.54, 1.807) is 31.2 Å². The normalized spacial score (nSPS) is 14.3. The van der Waals surface area contributed by atoms with Crippen LogP contribution in [0.3, 0.4) is 0 Å². The number of anilines is 2. The minimum Gasteiger partial charge on any atom is -0.490 e. The van der Waals surface area contributed by atoms with Gasteiger partial charge in [0.05, 0.1) is 17.3 Å². The molecule has 4 rings (SSSR count). The highest BCUT2D eigenvalue weighted by molar-refractivity contribution is 6.39. The second-order valence-electron chi connectivity index (χ2n) is 8.04. The zero-order valence-electron chi connectivity index (χ0n) is 20.3. The lowest BCUT2D eigenvalue weighted by Crippen LogP contribution is -2.54. The molecule has 0 bridgehead atoms. The first kappa shape index (κ1) is 27.6. The van der Waals surface area contributed by atoms with Crippen molar-refractivity contribution >= 4 is 64.4 Å². The number of ether oxygens (including phenoxy) is 2. The van der Waals surface area contributed by atoms with E-state index in [1.165, 1.54) is 30.3 Å². The van der Waals surface area contributed by atoms with Crippen LogP contribution in [0.2, 0.25) is 10.0 Å². The molecule has 3 aromatic rings. The van der Waals surface area contributed by atoms with Crippen LogP contribution in [0.25, 0.3) is 6.08 Å². The summed E-state index contributed by atoms with van der Waals surface area (Å²) in [5.41, 5.74) is 0.516. The molecule has 0 radical (unpaired) electrons. The number of barbiturate groups is 1. The molecule has 9 nitrogen and oxygen atoms in total. The molecular formula is C27H20Cl2FN3O6. The van der Waals surface area contributed by atoms with Crippen LogP contribution < -0.4 is 25.0 Å². The maximum atomic E-state index is 13.3. The lowest BCUT2D eigenvalue weighted by Gasteiger charge is -2.26. The van der Waals surface area contributed by atoms with E-state index in [0.29, 0.717) is 15.6 Å². The molecule has 1 heterocycles. The highest BCUT2D eigenvalue weighted by Gasteiger charge is 2.37. The Bertz CT molecular complexity index is 1480. The van der Waals surface area contributed by atoms with Gasteiger partial charge in [0.2, 0.25) is 0 Å². The van der Waals surface area contributed by atoms with Crippen LogP contribution in [0.5, 0.6) is 11.5 Å². The van der Waals surface area contributed by atoms with E-state index in [0.717, 1.165) is 12.1 Å². The molecule has 0 aromatic heterocycles. The summed E-state index contributed by atoms with van der Waals surface area (Å²) in [5, 5.41) is 5.31. The maximum Gasteiger partial charge on any atom is 0.335 e. The van der Waals surface area contributed by atoms with Gasteiger partial charge in [-0.2, -0.15) is 0 Å². The van der Waals surface area contributed by atoms with Crippen molar-refractivity contribution in [2.24, 2.45) is 0 Å². The van der Waals surface area contributed by atoms with E-state index >= 15 is 0 Å². The fourth-order valence-corrected chi connectivity index (χ4v) is 3.99. The number of halogens is 3. The van der Waals surface area contributed by atoms with Crippen molar-refractivity contribution in [2.75, 3.05) is 23.4 Å². The Hall–Kier alpha value is -4.41. The highest BCUT2D eigenvalue weighted by atomic mass is 35.5. The zero-order chi connectivity index (χ0) is 28.1. The van der Waals surface area contributed by atoms with Crippen molar-refractivity contribution in [3.05, 3.63) is 87.7 Å². The molecule has 5 amide bonds. The van der Waals surface area contributed by atoms with Crippen LogP contribution in [0.1, 0.15) is 12.5 Å². The largest absolute Gasteiger partial charge is 0.490 e. The highest BCUT2D eigenvalue weighted by Crippen LogP contribution is 2.37. The molecule has 39 heavy (non-hydrogen) atoms. The number of urea groups is 1. The van der Waals surface area contributed by atoms with Gasteiger partial charge in [-0.3, -0.25) is 19.7 Å². The molecule has 0 atom stereocenters. The third kappa shape index (κ3) is 6.54. The van der Waals surface area contributed by atoms with Crippen LogP contribution >= 0.6 is 23.2 Å². The first-order valence-corrected chi connectivity index (χ1v) is 12.2. The van der Waals surface area contributed by atoms with Crippen molar-refractivity contribution in [1.82, 2.24) is 5.32 Å². The molecule has 1 fully saturated rings. The lowest BCUT2D eigenvalue weighted by atomic mass is 10.1. The maximum absolute atomic E-state index is 13.3. The number of rotatable bonds is 8. The Balaban J connectivity index is 1.57. The number of hydrogen-bond acceptors (Lipinski definition) is 6. The van der Waals surface area contributed by atoms with Gasteiger partial charge in [-0.05, 0) is 79.2 Å². The topological polar surface area (TPSA) is 114 Å². The quantitative estimate of drug-likeness (QED) is 0.283. The van der Waals surface area contributed by atoms with Gasteiger partial charge in [-0.25, -0.2) is 14.1 Å². The lowest BCUT2D eigenvalue weighted by molar-refractivity contribution is -0.122. The average Bonchev–Trinajstić information content (AvgIpc) is 2.88. The van der Waals surface area contributed by atoms with Crippen molar-refractivity contribution in [3.8, 4) is 11.5 Å². The third-order valence-electron chi connectivity index (χ3n) is 5.30. The summed E-state index contributed by atoms with van der Waals surface area (Å²) in [6.07, 6.45) is 1.23. The molecule has 1 saturated heterocycles. The van der Waals surface area contributed by atoms with Crippen LogP contribution in [-0.4, -0.2) is 37.0 Å². The second kappa shape index (κ2) is 12.0. The van der Waals surface area contributed by atoms with Gasteiger partial charge in [-0.15, -0.1) is 0 Å². The number of imide groups is 2. The number of carbonyl (C=O) groups is 4. The predicted molar refractivity (Wildman–Crippen MR) is 144 cm³/mol. The summed E-state index contributed by atoms with van der Waals surface area (Å²) in [4.78, 5) is 51.0. The second-order valence-corrected chi connectivity index (χ2v) is 8.88. The summed E-state index contributed by atoms with van der Waals surface area (Å²) in [5.74, 6) is -2.61. The van der Waals surface area contributed by atoms with Crippen molar-refractivity contribution in [3.63, 3.8) is 0 Å². The summed E-state index contributed by atoms with van der Waals surface area (Å²) < 4.78 is 24.6. The smallest absolute Gasteiger partial charge is 0.335 e. The van der Waals surface area contributed by atoms with Crippen LogP contribution in [-0.2, 0) is 14.4 Å². The van der Waals surface area contributed by atoms with Gasteiger partial charge in [0.1, 0.15) is 11.4 Å². The fraction of sp³-hybridized carbons (Fsp3) is 0.111. The Morgan fingerprint density at radius 1 is 1.03 bits per heavy atom. The van der Waals surface area contributed by atoms with E-state index in [2.05, 4.69) is 10.6 Å². The number of carbonyl (C=O) groups excluding carboxylic acids is 4. The Morgan fingerprint density at radius 2 is 1.72 bits per heavy atom. The average molecular weight is 572 g/mol. The molecule has 200 valence electrons. The Kier molecular flexibility index (Phi) is 8.48. The molecule has 0 saturated carbocycles. The van der Waals surface area contributed by atoms with Gasteiger partial charge in [0.15, 0.2) is 18.1 Å². The number of hydrogen-bond donors (Lipinski definition) is 2. The molecular weight excluding hydrogens is 552 g/mol. The van der Waals surface area contributed by atoms with E-state index in [1.807, 2.05) is 0 Å². The molecule has 1 aliphatic heterocycles. The first-order valence-electron chi connectivity index (χ1n) is 11.5. The molecule has 12 heteroatoms. The third-order valence-corrected chi connectivity index (χ3v) is 5.84.